The molecule has 0 bridgehead atoms. The number of halogens is 1. The molecule has 0 heterocycles. The van der Waals surface area contributed by atoms with Gasteiger partial charge >= 0.3 is 6.03 Å². The summed E-state index contributed by atoms with van der Waals surface area (Å²) in [6.45, 7) is 0. The van der Waals surface area contributed by atoms with Crippen LogP contribution >= 0.6 is 10.7 Å². The third kappa shape index (κ3) is 2.84. The Morgan fingerprint density at radius 2 is 1.80 bits per heavy atom. The molecule has 1 rings (SSSR count). The van der Waals surface area contributed by atoms with Crippen molar-refractivity contribution in [1.29, 1.82) is 0 Å². The first-order chi connectivity index (χ1) is 6.82. The van der Waals surface area contributed by atoms with Gasteiger partial charge in [0.15, 0.2) is 0 Å². The van der Waals surface area contributed by atoms with Gasteiger partial charge < -0.3 is 5.73 Å². The zero-order valence-electron chi connectivity index (χ0n) is 7.84. The van der Waals surface area contributed by atoms with Gasteiger partial charge in [0, 0.05) is 23.4 Å². The van der Waals surface area contributed by atoms with Crippen molar-refractivity contribution in [2.45, 2.75) is 4.90 Å². The molecule has 0 aliphatic rings. The molecule has 0 aliphatic carbocycles. The number of primary amides is 1. The van der Waals surface area contributed by atoms with Crippen molar-refractivity contribution in [2.75, 3.05) is 11.9 Å². The fraction of sp³-hybridized carbons (Fsp3) is 0.125. The van der Waals surface area contributed by atoms with E-state index in [1.165, 1.54) is 36.2 Å². The lowest BCUT2D eigenvalue weighted by atomic mass is 10.3. The summed E-state index contributed by atoms with van der Waals surface area (Å²) < 4.78 is 21.8. The Hall–Kier alpha value is -1.27. The second-order valence-electron chi connectivity index (χ2n) is 2.83. The highest BCUT2D eigenvalue weighted by molar-refractivity contribution is 8.13. The van der Waals surface area contributed by atoms with Crippen molar-refractivity contribution in [1.82, 2.24) is 0 Å². The highest BCUT2D eigenvalue weighted by Gasteiger charge is 2.11. The van der Waals surface area contributed by atoms with E-state index in [2.05, 4.69) is 0 Å². The first-order valence-electron chi connectivity index (χ1n) is 3.90. The molecule has 0 spiro atoms. The molecule has 0 atom stereocenters. The summed E-state index contributed by atoms with van der Waals surface area (Å²) in [5, 5.41) is 0. The molecule has 5 nitrogen and oxygen atoms in total. The van der Waals surface area contributed by atoms with Crippen LogP contribution < -0.4 is 10.6 Å². The lowest BCUT2D eigenvalue weighted by molar-refractivity contribution is 0.255. The highest BCUT2D eigenvalue weighted by Crippen LogP contribution is 2.19. The molecule has 0 unspecified atom stereocenters. The molecule has 0 saturated carbocycles. The van der Waals surface area contributed by atoms with Gasteiger partial charge in [-0.25, -0.2) is 13.2 Å². The van der Waals surface area contributed by atoms with Crippen LogP contribution in [0.2, 0.25) is 0 Å². The van der Waals surface area contributed by atoms with Gasteiger partial charge in [-0.2, -0.15) is 0 Å². The van der Waals surface area contributed by atoms with Crippen molar-refractivity contribution in [3.8, 4) is 0 Å². The monoisotopic (exact) mass is 248 g/mol. The normalized spacial score (nSPS) is 11.1. The third-order valence-electron chi connectivity index (χ3n) is 1.84. The number of amides is 2. The molecule has 2 amide bonds. The van der Waals surface area contributed by atoms with Gasteiger partial charge in [-0.15, -0.1) is 0 Å². The number of anilines is 1. The van der Waals surface area contributed by atoms with Crippen molar-refractivity contribution < 1.29 is 13.2 Å². The Morgan fingerprint density at radius 1 is 1.33 bits per heavy atom. The minimum atomic E-state index is -3.73. The van der Waals surface area contributed by atoms with E-state index in [0.29, 0.717) is 5.69 Å². The predicted octanol–water partition coefficient (Wildman–Crippen LogP) is 1.13. The van der Waals surface area contributed by atoms with Gasteiger partial charge in [-0.1, -0.05) is 0 Å². The summed E-state index contributed by atoms with van der Waals surface area (Å²) in [5.74, 6) is 0. The quantitative estimate of drug-likeness (QED) is 0.797. The highest BCUT2D eigenvalue weighted by atomic mass is 35.7. The third-order valence-corrected chi connectivity index (χ3v) is 3.21. The van der Waals surface area contributed by atoms with Gasteiger partial charge in [0.05, 0.1) is 4.90 Å². The molecule has 0 saturated heterocycles. The van der Waals surface area contributed by atoms with Gasteiger partial charge in [0.25, 0.3) is 9.05 Å². The van der Waals surface area contributed by atoms with Gasteiger partial charge in [0.2, 0.25) is 0 Å². The van der Waals surface area contributed by atoms with E-state index in [1.54, 1.807) is 0 Å². The predicted molar refractivity (Wildman–Crippen MR) is 57.5 cm³/mol. The molecule has 2 N–H and O–H groups in total. The molecule has 15 heavy (non-hydrogen) atoms. The van der Waals surface area contributed by atoms with Crippen LogP contribution in [0.1, 0.15) is 0 Å². The number of benzene rings is 1. The zero-order chi connectivity index (χ0) is 11.6. The standard InChI is InChI=1S/C8H9ClN2O3S/c1-11(8(10)12)6-2-4-7(5-3-6)15(9,13)14/h2-5H,1H3,(H2,10,12). The Bertz CT molecular complexity index is 469. The van der Waals surface area contributed by atoms with E-state index in [9.17, 15) is 13.2 Å². The number of hydrogen-bond acceptors (Lipinski definition) is 3. The number of urea groups is 1. The first-order valence-corrected chi connectivity index (χ1v) is 6.21. The summed E-state index contributed by atoms with van der Waals surface area (Å²) in [6.07, 6.45) is 0. The summed E-state index contributed by atoms with van der Waals surface area (Å²) in [5.41, 5.74) is 5.53. The van der Waals surface area contributed by atoms with E-state index in [4.69, 9.17) is 16.4 Å². The Labute approximate surface area is 91.9 Å². The molecule has 1 aromatic rings. The smallest absolute Gasteiger partial charge is 0.318 e. The maximum Gasteiger partial charge on any atom is 0.318 e. The van der Waals surface area contributed by atoms with Crippen molar-refractivity contribution >= 4 is 31.5 Å². The molecule has 0 fully saturated rings. The lowest BCUT2D eigenvalue weighted by Crippen LogP contribution is -2.31. The van der Waals surface area contributed by atoms with Gasteiger partial charge in [-0.05, 0) is 24.3 Å². The van der Waals surface area contributed by atoms with Crippen LogP contribution in [-0.2, 0) is 9.05 Å². The minimum Gasteiger partial charge on any atom is -0.351 e. The lowest BCUT2D eigenvalue weighted by Gasteiger charge is -2.13. The fourth-order valence-electron chi connectivity index (χ4n) is 0.960. The van der Waals surface area contributed by atoms with E-state index in [-0.39, 0.29) is 4.90 Å². The average Bonchev–Trinajstić information content (AvgIpc) is 2.15. The molecule has 0 aromatic heterocycles. The fourth-order valence-corrected chi connectivity index (χ4v) is 1.73. The SMILES string of the molecule is CN(C(N)=O)c1ccc(S(=O)(=O)Cl)cc1. The molecular formula is C8H9ClN2O3S. The van der Waals surface area contributed by atoms with Crippen LogP contribution in [0.4, 0.5) is 10.5 Å². The first kappa shape index (κ1) is 11.8. The van der Waals surface area contributed by atoms with Gasteiger partial charge in [0.1, 0.15) is 0 Å². The van der Waals surface area contributed by atoms with Crippen LogP contribution in [0.25, 0.3) is 0 Å². The van der Waals surface area contributed by atoms with E-state index < -0.39 is 15.1 Å². The van der Waals surface area contributed by atoms with Crippen LogP contribution in [0.15, 0.2) is 29.2 Å². The van der Waals surface area contributed by atoms with Crippen molar-refractivity contribution in [2.24, 2.45) is 5.73 Å². The molecule has 0 radical (unpaired) electrons. The maximum absolute atomic E-state index is 10.9. The van der Waals surface area contributed by atoms with Crippen LogP contribution in [0.3, 0.4) is 0 Å². The average molecular weight is 249 g/mol. The van der Waals surface area contributed by atoms with Crippen molar-refractivity contribution in [3.05, 3.63) is 24.3 Å². The van der Waals surface area contributed by atoms with Crippen molar-refractivity contribution in [3.63, 3.8) is 0 Å². The number of rotatable bonds is 2. The van der Waals surface area contributed by atoms with Gasteiger partial charge in [-0.3, -0.25) is 4.90 Å². The number of nitrogens with zero attached hydrogens (tertiary/aromatic N) is 1. The van der Waals surface area contributed by atoms with E-state index in [1.807, 2.05) is 0 Å². The summed E-state index contributed by atoms with van der Waals surface area (Å²) in [4.78, 5) is 11.9. The number of carbonyl (C=O) groups excluding carboxylic acids is 1. The van der Waals surface area contributed by atoms with E-state index in [0.717, 1.165) is 0 Å². The Balaban J connectivity index is 3.06. The summed E-state index contributed by atoms with van der Waals surface area (Å²) >= 11 is 0. The topological polar surface area (TPSA) is 80.5 Å². The maximum atomic E-state index is 10.9. The molecule has 1 aromatic carbocycles. The Morgan fingerprint density at radius 3 is 2.13 bits per heavy atom. The van der Waals surface area contributed by atoms with E-state index >= 15 is 0 Å². The minimum absolute atomic E-state index is 0.0224. The second kappa shape index (κ2) is 4.08. The molecule has 82 valence electrons. The molecule has 0 aliphatic heterocycles. The van der Waals surface area contributed by atoms with Crippen LogP contribution in [0, 0.1) is 0 Å². The number of hydrogen-bond donors (Lipinski definition) is 1. The number of nitrogens with two attached hydrogens (primary N) is 1. The largest absolute Gasteiger partial charge is 0.351 e. The number of carbonyl (C=O) groups is 1. The summed E-state index contributed by atoms with van der Waals surface area (Å²) in [6, 6.07) is 4.87. The molecular weight excluding hydrogens is 240 g/mol. The summed E-state index contributed by atoms with van der Waals surface area (Å²) in [7, 11) is 2.87. The van der Waals surface area contributed by atoms with Crippen LogP contribution in [-0.4, -0.2) is 21.5 Å². The van der Waals surface area contributed by atoms with Crippen LogP contribution in [0.5, 0.6) is 0 Å². The molecule has 7 heteroatoms. The second-order valence-corrected chi connectivity index (χ2v) is 5.39. The zero-order valence-corrected chi connectivity index (χ0v) is 9.42. The Kier molecular flexibility index (Phi) is 3.21.